The molecule has 1 aromatic heterocycles. The summed E-state index contributed by atoms with van der Waals surface area (Å²) in [5, 5.41) is 3.22. The van der Waals surface area contributed by atoms with Crippen molar-refractivity contribution in [2.45, 2.75) is 40.7 Å². The third-order valence-electron chi connectivity index (χ3n) is 5.79. The highest BCUT2D eigenvalue weighted by Gasteiger charge is 2.36. The molecule has 7 heteroatoms. The molecule has 1 unspecified atom stereocenters. The third kappa shape index (κ3) is 4.93. The van der Waals surface area contributed by atoms with Crippen LogP contribution < -0.4 is 5.32 Å². The van der Waals surface area contributed by atoms with Gasteiger partial charge in [-0.15, -0.1) is 0 Å². The van der Waals surface area contributed by atoms with Crippen LogP contribution in [0.25, 0.3) is 11.8 Å². The summed E-state index contributed by atoms with van der Waals surface area (Å²) in [6.45, 7) is 10.7. The maximum absolute atomic E-state index is 13.5. The van der Waals surface area contributed by atoms with Gasteiger partial charge in [-0.2, -0.15) is 0 Å². The Morgan fingerprint density at radius 2 is 1.85 bits per heavy atom. The van der Waals surface area contributed by atoms with Crippen molar-refractivity contribution in [3.63, 3.8) is 0 Å². The van der Waals surface area contributed by atoms with Crippen molar-refractivity contribution in [3.8, 4) is 5.69 Å². The molecule has 1 amide bonds. The maximum atomic E-state index is 13.5. The summed E-state index contributed by atoms with van der Waals surface area (Å²) >= 11 is 0. The van der Waals surface area contributed by atoms with Crippen LogP contribution in [-0.4, -0.2) is 32.9 Å². The lowest BCUT2D eigenvalue weighted by atomic mass is 10.1. The van der Waals surface area contributed by atoms with Gasteiger partial charge in [0.25, 0.3) is 5.91 Å². The zero-order valence-electron chi connectivity index (χ0n) is 20.2. The molecule has 0 bridgehead atoms. The summed E-state index contributed by atoms with van der Waals surface area (Å²) in [5.41, 5.74) is 5.28. The monoisotopic (exact) mass is 459 g/mol. The summed E-state index contributed by atoms with van der Waals surface area (Å²) in [6, 6.07) is 12.0. The normalized spacial score (nSPS) is 17.1. The Labute approximate surface area is 199 Å². The van der Waals surface area contributed by atoms with Crippen LogP contribution in [0.2, 0.25) is 0 Å². The predicted octanol–water partition coefficient (Wildman–Crippen LogP) is 5.17. The molecule has 2 aromatic carbocycles. The Morgan fingerprint density at radius 3 is 2.47 bits per heavy atom. The first kappa shape index (κ1) is 23.4. The van der Waals surface area contributed by atoms with Crippen molar-refractivity contribution in [1.29, 1.82) is 0 Å². The molecule has 1 fully saturated rings. The first-order valence-corrected chi connectivity index (χ1v) is 11.5. The topological polar surface area (TPSA) is 62.5 Å². The van der Waals surface area contributed by atoms with Gasteiger partial charge in [0, 0.05) is 18.4 Å². The Morgan fingerprint density at radius 1 is 1.12 bits per heavy atom. The molecule has 1 N–H and O–H groups in total. The molecule has 1 saturated heterocycles. The fourth-order valence-electron chi connectivity index (χ4n) is 3.97. The van der Waals surface area contributed by atoms with Crippen molar-refractivity contribution >= 4 is 17.9 Å². The standard InChI is InChI=1S/C27H30FN5O/c1-17(2)14-29-27-31-24(26(34)33(27)20(5)22-7-9-23(28)10-8-22)13-21-6-11-25(18(3)12-21)32-15-19(4)30-16-32/h6-13,15-17,20H,14H2,1-5H3,(H,29,31)/b24-13-. The zero-order valence-corrected chi connectivity index (χ0v) is 20.2. The number of carbonyl (C=O) groups excluding carboxylic acids is 1. The van der Waals surface area contributed by atoms with E-state index >= 15 is 0 Å². The summed E-state index contributed by atoms with van der Waals surface area (Å²) in [4.78, 5) is 24.1. The summed E-state index contributed by atoms with van der Waals surface area (Å²) < 4.78 is 15.4. The quantitative estimate of drug-likeness (QED) is 0.517. The summed E-state index contributed by atoms with van der Waals surface area (Å²) in [6.07, 6.45) is 5.62. The molecule has 34 heavy (non-hydrogen) atoms. The number of aryl methyl sites for hydroxylation is 2. The number of halogens is 1. The van der Waals surface area contributed by atoms with Crippen LogP contribution in [0.1, 0.15) is 49.2 Å². The largest absolute Gasteiger partial charge is 0.321 e. The smallest absolute Gasteiger partial charge is 0.277 e. The number of nitrogens with one attached hydrogen (secondary N) is 1. The molecular weight excluding hydrogens is 429 g/mol. The Hall–Kier alpha value is -3.74. The van der Waals surface area contributed by atoms with Gasteiger partial charge in [-0.3, -0.25) is 14.7 Å². The van der Waals surface area contributed by atoms with E-state index in [4.69, 9.17) is 0 Å². The number of nitrogens with zero attached hydrogens (tertiary/aromatic N) is 4. The minimum absolute atomic E-state index is 0.161. The van der Waals surface area contributed by atoms with Gasteiger partial charge in [-0.05, 0) is 73.7 Å². The number of benzene rings is 2. The van der Waals surface area contributed by atoms with E-state index in [9.17, 15) is 9.18 Å². The minimum atomic E-state index is -0.305. The molecule has 6 nitrogen and oxygen atoms in total. The molecule has 0 radical (unpaired) electrons. The van der Waals surface area contributed by atoms with Gasteiger partial charge >= 0.3 is 0 Å². The van der Waals surface area contributed by atoms with E-state index in [0.717, 1.165) is 28.1 Å². The van der Waals surface area contributed by atoms with Gasteiger partial charge in [0.1, 0.15) is 11.5 Å². The van der Waals surface area contributed by atoms with E-state index < -0.39 is 0 Å². The fourth-order valence-corrected chi connectivity index (χ4v) is 3.97. The Balaban J connectivity index is 1.65. The lowest BCUT2D eigenvalue weighted by Crippen LogP contribution is -2.35. The number of hydrogen-bond acceptors (Lipinski definition) is 3. The van der Waals surface area contributed by atoms with Gasteiger partial charge < -0.3 is 9.88 Å². The van der Waals surface area contributed by atoms with Crippen molar-refractivity contribution in [2.24, 2.45) is 10.9 Å². The summed E-state index contributed by atoms with van der Waals surface area (Å²) in [7, 11) is 0. The predicted molar refractivity (Wildman–Crippen MR) is 133 cm³/mol. The molecule has 1 aliphatic heterocycles. The highest BCUT2D eigenvalue weighted by Crippen LogP contribution is 2.27. The average molecular weight is 460 g/mol. The van der Waals surface area contributed by atoms with Crippen LogP contribution in [0.4, 0.5) is 4.39 Å². The number of aliphatic imine (C=N–C) groups is 1. The van der Waals surface area contributed by atoms with Crippen LogP contribution in [0.5, 0.6) is 0 Å². The van der Waals surface area contributed by atoms with Crippen molar-refractivity contribution < 1.29 is 9.18 Å². The highest BCUT2D eigenvalue weighted by molar-refractivity contribution is 6.15. The second kappa shape index (κ2) is 9.63. The van der Waals surface area contributed by atoms with E-state index in [0.29, 0.717) is 24.1 Å². The second-order valence-corrected chi connectivity index (χ2v) is 9.11. The van der Waals surface area contributed by atoms with E-state index in [1.54, 1.807) is 23.4 Å². The number of hydrogen-bond donors (Lipinski definition) is 1. The molecule has 0 saturated carbocycles. The van der Waals surface area contributed by atoms with E-state index in [2.05, 4.69) is 29.1 Å². The molecule has 3 aromatic rings. The van der Waals surface area contributed by atoms with Crippen LogP contribution in [0.3, 0.4) is 0 Å². The molecule has 1 atom stereocenters. The fraction of sp³-hybridized carbons (Fsp3) is 0.296. The number of guanidine groups is 1. The second-order valence-electron chi connectivity index (χ2n) is 9.11. The molecular formula is C27H30FN5O. The first-order chi connectivity index (χ1) is 16.2. The van der Waals surface area contributed by atoms with Crippen molar-refractivity contribution in [2.75, 3.05) is 6.54 Å². The maximum Gasteiger partial charge on any atom is 0.277 e. The first-order valence-electron chi connectivity index (χ1n) is 11.5. The number of imidazole rings is 1. The number of rotatable bonds is 6. The number of aromatic nitrogens is 2. The Bertz CT molecular complexity index is 1260. The van der Waals surface area contributed by atoms with E-state index in [-0.39, 0.29) is 17.8 Å². The van der Waals surface area contributed by atoms with Crippen LogP contribution in [0, 0.1) is 25.6 Å². The molecule has 1 aliphatic rings. The van der Waals surface area contributed by atoms with Crippen LogP contribution in [0.15, 0.2) is 65.7 Å². The van der Waals surface area contributed by atoms with Gasteiger partial charge in [-0.25, -0.2) is 9.37 Å². The summed E-state index contributed by atoms with van der Waals surface area (Å²) in [5.74, 6) is 0.401. The number of amides is 1. The lowest BCUT2D eigenvalue weighted by molar-refractivity contribution is -0.123. The average Bonchev–Trinajstić information content (AvgIpc) is 3.35. The molecule has 2 heterocycles. The van der Waals surface area contributed by atoms with Gasteiger partial charge in [0.15, 0.2) is 0 Å². The molecule has 0 aliphatic carbocycles. The van der Waals surface area contributed by atoms with Gasteiger partial charge in [0.2, 0.25) is 5.96 Å². The number of carbonyl (C=O) groups is 1. The van der Waals surface area contributed by atoms with E-state index in [1.165, 1.54) is 12.1 Å². The minimum Gasteiger partial charge on any atom is -0.321 e. The van der Waals surface area contributed by atoms with Crippen molar-refractivity contribution in [1.82, 2.24) is 19.8 Å². The highest BCUT2D eigenvalue weighted by atomic mass is 19.1. The third-order valence-corrected chi connectivity index (χ3v) is 5.79. The zero-order chi connectivity index (χ0) is 24.4. The Kier molecular flexibility index (Phi) is 6.63. The van der Waals surface area contributed by atoms with Crippen molar-refractivity contribution in [3.05, 3.63) is 88.9 Å². The van der Waals surface area contributed by atoms with Crippen LogP contribution >= 0.6 is 0 Å². The lowest BCUT2D eigenvalue weighted by Gasteiger charge is -2.24. The van der Waals surface area contributed by atoms with Gasteiger partial charge in [-0.1, -0.05) is 32.0 Å². The molecule has 4 rings (SSSR count). The molecule has 176 valence electrons. The van der Waals surface area contributed by atoms with Crippen LogP contribution in [-0.2, 0) is 4.79 Å². The SMILES string of the molecule is Cc1cn(-c2ccc(/C=C3\N/C(=N\CC(C)C)N(C(C)c4ccc(F)cc4)C3=O)cc2C)cn1. The molecule has 0 spiro atoms. The van der Waals surface area contributed by atoms with E-state index in [1.807, 2.05) is 55.8 Å². The van der Waals surface area contributed by atoms with Gasteiger partial charge in [0.05, 0.1) is 18.1 Å².